The van der Waals surface area contributed by atoms with Crippen LogP contribution < -0.4 is 5.32 Å². The number of aliphatic hydroxyl groups is 1. The number of thiophene rings is 1. The molecule has 0 aliphatic carbocycles. The molecule has 0 saturated carbocycles. The predicted molar refractivity (Wildman–Crippen MR) is 89.8 cm³/mol. The van der Waals surface area contributed by atoms with Crippen molar-refractivity contribution in [2.24, 2.45) is 0 Å². The largest absolute Gasteiger partial charge is 0.393 e. The van der Waals surface area contributed by atoms with Crippen LogP contribution >= 0.6 is 11.3 Å². The SMILES string of the molecule is OC1CCN(CCCNCc2cc3ccccc3s2)CC1. The maximum Gasteiger partial charge on any atom is 0.0564 e. The first-order valence-corrected chi connectivity index (χ1v) is 8.71. The van der Waals surface area contributed by atoms with Crippen LogP contribution in [-0.4, -0.2) is 42.3 Å². The van der Waals surface area contributed by atoms with E-state index in [0.717, 1.165) is 45.6 Å². The predicted octanol–water partition coefficient (Wildman–Crippen LogP) is 2.84. The molecule has 1 fully saturated rings. The number of fused-ring (bicyclic) bond motifs is 1. The first kappa shape index (κ1) is 15.0. The molecule has 114 valence electrons. The summed E-state index contributed by atoms with van der Waals surface area (Å²) in [6.07, 6.45) is 3.00. The molecule has 1 aliphatic rings. The molecule has 0 atom stereocenters. The highest BCUT2D eigenvalue weighted by atomic mass is 32.1. The standard InChI is InChI=1S/C17H24N2OS/c20-15-6-10-19(11-7-15)9-3-8-18-13-16-12-14-4-1-2-5-17(14)21-16/h1-2,4-5,12,15,18,20H,3,6-11,13H2. The van der Waals surface area contributed by atoms with Gasteiger partial charge in [-0.3, -0.25) is 0 Å². The van der Waals surface area contributed by atoms with Crippen LogP contribution in [0.2, 0.25) is 0 Å². The smallest absolute Gasteiger partial charge is 0.0564 e. The zero-order valence-corrected chi connectivity index (χ0v) is 13.2. The summed E-state index contributed by atoms with van der Waals surface area (Å²) in [5.74, 6) is 0. The third kappa shape index (κ3) is 4.27. The van der Waals surface area contributed by atoms with E-state index in [1.54, 1.807) is 0 Å². The highest BCUT2D eigenvalue weighted by Crippen LogP contribution is 2.24. The summed E-state index contributed by atoms with van der Waals surface area (Å²) in [4.78, 5) is 3.88. The molecule has 3 nitrogen and oxygen atoms in total. The fourth-order valence-electron chi connectivity index (χ4n) is 2.91. The fraction of sp³-hybridized carbons (Fsp3) is 0.529. The molecule has 3 rings (SSSR count). The number of nitrogens with one attached hydrogen (secondary N) is 1. The zero-order chi connectivity index (χ0) is 14.5. The van der Waals surface area contributed by atoms with Gasteiger partial charge in [-0.15, -0.1) is 11.3 Å². The van der Waals surface area contributed by atoms with E-state index in [2.05, 4.69) is 40.5 Å². The van der Waals surface area contributed by atoms with Crippen LogP contribution in [-0.2, 0) is 6.54 Å². The monoisotopic (exact) mass is 304 g/mol. The second-order valence-electron chi connectivity index (χ2n) is 5.85. The minimum Gasteiger partial charge on any atom is -0.393 e. The van der Waals surface area contributed by atoms with Crippen LogP contribution in [0.5, 0.6) is 0 Å². The Morgan fingerprint density at radius 3 is 2.86 bits per heavy atom. The van der Waals surface area contributed by atoms with Gasteiger partial charge >= 0.3 is 0 Å². The van der Waals surface area contributed by atoms with E-state index in [1.165, 1.54) is 21.4 Å². The van der Waals surface area contributed by atoms with Crippen molar-refractivity contribution in [3.05, 3.63) is 35.2 Å². The highest BCUT2D eigenvalue weighted by Gasteiger charge is 2.15. The second kappa shape index (κ2) is 7.36. The first-order valence-electron chi connectivity index (χ1n) is 7.90. The van der Waals surface area contributed by atoms with Gasteiger partial charge < -0.3 is 15.3 Å². The third-order valence-corrected chi connectivity index (χ3v) is 5.28. The number of hydrogen-bond acceptors (Lipinski definition) is 4. The van der Waals surface area contributed by atoms with E-state index < -0.39 is 0 Å². The van der Waals surface area contributed by atoms with Crippen molar-refractivity contribution in [2.75, 3.05) is 26.2 Å². The minimum absolute atomic E-state index is 0.0627. The average Bonchev–Trinajstić information content (AvgIpc) is 2.91. The van der Waals surface area contributed by atoms with Crippen LogP contribution in [0.1, 0.15) is 24.1 Å². The lowest BCUT2D eigenvalue weighted by atomic mass is 10.1. The normalized spacial score (nSPS) is 17.6. The Morgan fingerprint density at radius 1 is 1.24 bits per heavy atom. The highest BCUT2D eigenvalue weighted by molar-refractivity contribution is 7.19. The molecular formula is C17H24N2OS. The van der Waals surface area contributed by atoms with Gasteiger partial charge in [0.2, 0.25) is 0 Å². The Balaban J connectivity index is 1.34. The lowest BCUT2D eigenvalue weighted by molar-refractivity contribution is 0.0821. The lowest BCUT2D eigenvalue weighted by Crippen LogP contribution is -2.37. The molecule has 0 radical (unpaired) electrons. The molecule has 0 spiro atoms. The van der Waals surface area contributed by atoms with Crippen LogP contribution in [0, 0.1) is 0 Å². The fourth-order valence-corrected chi connectivity index (χ4v) is 3.94. The topological polar surface area (TPSA) is 35.5 Å². The first-order chi connectivity index (χ1) is 10.3. The van der Waals surface area contributed by atoms with Crippen molar-refractivity contribution in [3.63, 3.8) is 0 Å². The molecule has 2 heterocycles. The second-order valence-corrected chi connectivity index (χ2v) is 7.02. The molecule has 1 aromatic heterocycles. The molecule has 0 bridgehead atoms. The number of nitrogens with zero attached hydrogens (tertiary/aromatic N) is 1. The van der Waals surface area contributed by atoms with Crippen molar-refractivity contribution in [1.29, 1.82) is 0 Å². The van der Waals surface area contributed by atoms with Crippen LogP contribution in [0.4, 0.5) is 0 Å². The van der Waals surface area contributed by atoms with E-state index in [0.29, 0.717) is 0 Å². The Bertz CT molecular complexity index is 528. The Hall–Kier alpha value is -0.940. The van der Waals surface area contributed by atoms with Crippen molar-refractivity contribution >= 4 is 21.4 Å². The van der Waals surface area contributed by atoms with Gasteiger partial charge in [-0.25, -0.2) is 0 Å². The summed E-state index contributed by atoms with van der Waals surface area (Å²) >= 11 is 1.88. The van der Waals surface area contributed by atoms with Gasteiger partial charge in [0.15, 0.2) is 0 Å². The molecule has 2 N–H and O–H groups in total. The van der Waals surface area contributed by atoms with E-state index in [1.807, 2.05) is 11.3 Å². The minimum atomic E-state index is -0.0627. The van der Waals surface area contributed by atoms with Gasteiger partial charge in [-0.1, -0.05) is 18.2 Å². The molecule has 1 saturated heterocycles. The lowest BCUT2D eigenvalue weighted by Gasteiger charge is -2.29. The Kier molecular flexibility index (Phi) is 5.25. The van der Waals surface area contributed by atoms with Gasteiger partial charge in [-0.05, 0) is 49.9 Å². The number of rotatable bonds is 6. The Morgan fingerprint density at radius 2 is 2.05 bits per heavy atom. The van der Waals surface area contributed by atoms with Crippen molar-refractivity contribution in [1.82, 2.24) is 10.2 Å². The van der Waals surface area contributed by atoms with Crippen LogP contribution in [0.3, 0.4) is 0 Å². The Labute approximate surface area is 130 Å². The van der Waals surface area contributed by atoms with Crippen LogP contribution in [0.25, 0.3) is 10.1 Å². The number of aliphatic hydroxyl groups excluding tert-OH is 1. The summed E-state index contributed by atoms with van der Waals surface area (Å²) in [6, 6.07) is 10.9. The summed E-state index contributed by atoms with van der Waals surface area (Å²) < 4.78 is 1.38. The molecular weight excluding hydrogens is 280 g/mol. The number of likely N-dealkylation sites (tertiary alicyclic amines) is 1. The van der Waals surface area contributed by atoms with Gasteiger partial charge in [0.25, 0.3) is 0 Å². The van der Waals surface area contributed by atoms with E-state index in [-0.39, 0.29) is 6.10 Å². The van der Waals surface area contributed by atoms with Crippen molar-refractivity contribution in [3.8, 4) is 0 Å². The molecule has 1 aromatic carbocycles. The summed E-state index contributed by atoms with van der Waals surface area (Å²) in [5, 5.41) is 14.4. The zero-order valence-electron chi connectivity index (χ0n) is 12.4. The molecule has 21 heavy (non-hydrogen) atoms. The molecule has 1 aliphatic heterocycles. The summed E-state index contributed by atoms with van der Waals surface area (Å²) in [7, 11) is 0. The van der Waals surface area contributed by atoms with Crippen molar-refractivity contribution < 1.29 is 5.11 Å². The van der Waals surface area contributed by atoms with Gasteiger partial charge in [0, 0.05) is 29.2 Å². The quantitative estimate of drug-likeness (QED) is 0.806. The molecule has 4 heteroatoms. The molecule has 0 amide bonds. The maximum absolute atomic E-state index is 9.48. The van der Waals surface area contributed by atoms with Gasteiger partial charge in [0.1, 0.15) is 0 Å². The van der Waals surface area contributed by atoms with Gasteiger partial charge in [0.05, 0.1) is 6.10 Å². The molecule has 2 aromatic rings. The van der Waals surface area contributed by atoms with Crippen LogP contribution in [0.15, 0.2) is 30.3 Å². The van der Waals surface area contributed by atoms with Crippen molar-refractivity contribution in [2.45, 2.75) is 31.9 Å². The van der Waals surface area contributed by atoms with E-state index in [9.17, 15) is 5.11 Å². The maximum atomic E-state index is 9.48. The number of hydrogen-bond donors (Lipinski definition) is 2. The third-order valence-electron chi connectivity index (χ3n) is 4.16. The van der Waals surface area contributed by atoms with E-state index >= 15 is 0 Å². The van der Waals surface area contributed by atoms with E-state index in [4.69, 9.17) is 0 Å². The number of piperidine rings is 1. The summed E-state index contributed by atoms with van der Waals surface area (Å²) in [5.41, 5.74) is 0. The molecule has 0 unspecified atom stereocenters. The summed E-state index contributed by atoms with van der Waals surface area (Å²) in [6.45, 7) is 5.28. The average molecular weight is 304 g/mol. The van der Waals surface area contributed by atoms with Gasteiger partial charge in [-0.2, -0.15) is 0 Å². The number of benzene rings is 1.